The van der Waals surface area contributed by atoms with Crippen LogP contribution in [0.1, 0.15) is 147 Å². The molecule has 0 saturated carbocycles. The molecule has 0 radical (unpaired) electrons. The molecule has 4 aromatic heterocycles. The fraction of sp³-hybridized carbons (Fsp3) is 0.379. The van der Waals surface area contributed by atoms with E-state index in [1.165, 1.54) is 30.3 Å². The van der Waals surface area contributed by atoms with Crippen LogP contribution in [0, 0.1) is 41.5 Å². The average molecular weight is 1310 g/mol. The normalized spacial score (nSPS) is 12.3. The number of aromatic nitrogens is 10. The van der Waals surface area contributed by atoms with Crippen LogP contribution in [0.4, 0.5) is 19.0 Å². The number of pyridine rings is 2. The molecule has 28 heteroatoms. The third kappa shape index (κ3) is 20.1. The number of hydrogen-bond donors (Lipinski definition) is 1. The van der Waals surface area contributed by atoms with Gasteiger partial charge in [-0.05, 0) is 158 Å². The molecule has 452 valence electrons. The zero-order valence-corrected chi connectivity index (χ0v) is 53.9. The molecule has 3 aliphatic rings. The molecule has 86 heavy (non-hydrogen) atoms. The van der Waals surface area contributed by atoms with Crippen LogP contribution >= 0.6 is 15.9 Å². The number of ether oxygens (including phenoxy) is 1. The Morgan fingerprint density at radius 1 is 0.698 bits per heavy atom. The van der Waals surface area contributed by atoms with Crippen LogP contribution in [0.15, 0.2) is 77.3 Å². The minimum atomic E-state index is -0.685. The first kappa shape index (κ1) is 79.7. The van der Waals surface area contributed by atoms with Gasteiger partial charge in [0.1, 0.15) is 28.8 Å². The minimum absolute atomic E-state index is 0. The molecule has 0 aliphatic carbocycles. The first-order chi connectivity index (χ1) is 38.4. The second-order valence-corrected chi connectivity index (χ2v) is 19.5. The van der Waals surface area contributed by atoms with Gasteiger partial charge in [-0.3, -0.25) is 19.2 Å². The molecule has 3 aliphatic heterocycles. The third-order valence-electron chi connectivity index (χ3n) is 12.5. The number of benzene rings is 3. The molecular formula is C58H69BrCl2F3Mg2N15O5. The SMILES string of the molecule is C.C.CC(C)n1nnnc1-c1cccc(OC#N)n1.CCN1CCc2cc(F)[c-]cc2C1=O.CCN1CCc2cc(F)c(Br)cc2C1=O.CCN1CCc2cc(F)c(C(=O)Nc3cccc(-c4nnnn4C(C)C)n3)cc2C1=O.C[CH-]C.[Cl-].[Cl-].[Mg+2].[Mg+2]. The number of nitrogens with zero attached hydrogens (tertiary/aromatic N) is 14. The zero-order chi connectivity index (χ0) is 58.2. The van der Waals surface area contributed by atoms with Gasteiger partial charge in [0.05, 0.1) is 22.1 Å². The third-order valence-corrected chi connectivity index (χ3v) is 13.1. The van der Waals surface area contributed by atoms with Crippen molar-refractivity contribution in [2.45, 2.75) is 109 Å². The molecule has 20 nitrogen and oxygen atoms in total. The topological polar surface area (TPSA) is 236 Å². The summed E-state index contributed by atoms with van der Waals surface area (Å²) >= 11 is 3.10. The number of fused-ring (bicyclic) bond motifs is 3. The van der Waals surface area contributed by atoms with Crippen LogP contribution < -0.4 is 34.9 Å². The zero-order valence-electron chi connectivity index (χ0n) is 48.0. The average Bonchev–Trinajstić information content (AvgIpc) is 3.69. The van der Waals surface area contributed by atoms with Crippen LogP contribution in [0.2, 0.25) is 0 Å². The van der Waals surface area contributed by atoms with Gasteiger partial charge in [-0.25, -0.2) is 32.5 Å². The molecule has 0 spiro atoms. The Kier molecular flexibility index (Phi) is 35.2. The fourth-order valence-electron chi connectivity index (χ4n) is 8.46. The molecule has 4 amide bonds. The number of carbonyl (C=O) groups is 4. The summed E-state index contributed by atoms with van der Waals surface area (Å²) in [5, 5.41) is 34.1. The maximum Gasteiger partial charge on any atom is 2.00 e. The Morgan fingerprint density at radius 3 is 1.62 bits per heavy atom. The van der Waals surface area contributed by atoms with E-state index in [4.69, 9.17) is 5.26 Å². The molecule has 0 saturated heterocycles. The number of hydrogen-bond acceptors (Lipinski definition) is 14. The second-order valence-electron chi connectivity index (χ2n) is 18.6. The summed E-state index contributed by atoms with van der Waals surface area (Å²) < 4.78 is 49.0. The Hall–Kier alpha value is -6.35. The quantitative estimate of drug-likeness (QED) is 0.116. The maximum atomic E-state index is 14.6. The van der Waals surface area contributed by atoms with E-state index >= 15 is 0 Å². The first-order valence-corrected chi connectivity index (χ1v) is 26.7. The summed E-state index contributed by atoms with van der Waals surface area (Å²) in [5.41, 5.74) is 4.64. The fourth-order valence-corrected chi connectivity index (χ4v) is 8.81. The van der Waals surface area contributed by atoms with Gasteiger partial charge in [0.25, 0.3) is 24.0 Å². The van der Waals surface area contributed by atoms with E-state index in [9.17, 15) is 32.3 Å². The van der Waals surface area contributed by atoms with E-state index in [2.05, 4.69) is 73.1 Å². The smallest absolute Gasteiger partial charge is 1.00 e. The van der Waals surface area contributed by atoms with Gasteiger partial charge < -0.3 is 56.0 Å². The van der Waals surface area contributed by atoms with Gasteiger partial charge in [0, 0.05) is 62.3 Å². The summed E-state index contributed by atoms with van der Waals surface area (Å²) in [7, 11) is 0. The van der Waals surface area contributed by atoms with Crippen molar-refractivity contribution in [1.82, 2.24) is 65.1 Å². The van der Waals surface area contributed by atoms with Crippen molar-refractivity contribution in [2.75, 3.05) is 44.6 Å². The summed E-state index contributed by atoms with van der Waals surface area (Å²) in [6.45, 7) is 21.5. The monoisotopic (exact) mass is 1310 g/mol. The predicted octanol–water partition coefficient (Wildman–Crippen LogP) is 3.90. The van der Waals surface area contributed by atoms with Crippen molar-refractivity contribution < 1.29 is 61.9 Å². The molecular weight excluding hydrogens is 1240 g/mol. The molecule has 7 heterocycles. The van der Waals surface area contributed by atoms with Crippen molar-refractivity contribution in [3.63, 3.8) is 0 Å². The van der Waals surface area contributed by atoms with Crippen molar-refractivity contribution >= 4 is 91.5 Å². The van der Waals surface area contributed by atoms with Crippen molar-refractivity contribution in [3.05, 3.63) is 146 Å². The van der Waals surface area contributed by atoms with Crippen LogP contribution in [0.3, 0.4) is 0 Å². The van der Waals surface area contributed by atoms with Gasteiger partial charge in [-0.2, -0.15) is 19.9 Å². The Balaban J connectivity index is 0.00000114. The number of nitrogens with one attached hydrogen (secondary N) is 1. The molecule has 7 aromatic rings. The predicted molar refractivity (Wildman–Crippen MR) is 319 cm³/mol. The Labute approximate surface area is 554 Å². The molecule has 1 N–H and O–H groups in total. The van der Waals surface area contributed by atoms with E-state index in [-0.39, 0.29) is 144 Å². The van der Waals surface area contributed by atoms with Gasteiger partial charge in [0.2, 0.25) is 17.5 Å². The number of tetrazole rings is 2. The van der Waals surface area contributed by atoms with Gasteiger partial charge >= 0.3 is 46.1 Å². The number of anilines is 1. The van der Waals surface area contributed by atoms with E-state index < -0.39 is 11.7 Å². The Bertz CT molecular complexity index is 3390. The van der Waals surface area contributed by atoms with E-state index in [1.54, 1.807) is 72.8 Å². The molecule has 0 unspecified atom stereocenters. The molecule has 10 rings (SSSR count). The maximum absolute atomic E-state index is 14.6. The molecule has 3 aromatic carbocycles. The van der Waals surface area contributed by atoms with E-state index in [0.717, 1.165) is 24.0 Å². The molecule has 0 atom stereocenters. The summed E-state index contributed by atoms with van der Waals surface area (Å²) in [5.74, 6) is -0.804. The largest absolute Gasteiger partial charge is 2.00 e. The van der Waals surface area contributed by atoms with Crippen LogP contribution in [-0.4, -0.2) is 174 Å². The van der Waals surface area contributed by atoms with Crippen molar-refractivity contribution in [1.29, 1.82) is 5.26 Å². The summed E-state index contributed by atoms with van der Waals surface area (Å²) in [6, 6.07) is 21.1. The van der Waals surface area contributed by atoms with Crippen LogP contribution in [-0.2, 0) is 19.3 Å². The van der Waals surface area contributed by atoms with Gasteiger partial charge in [-0.1, -0.05) is 32.5 Å². The number of rotatable bonds is 10. The second kappa shape index (κ2) is 38.0. The number of amides is 4. The van der Waals surface area contributed by atoms with E-state index in [0.29, 0.717) is 95.5 Å². The first-order valence-electron chi connectivity index (χ1n) is 25.9. The Morgan fingerprint density at radius 2 is 1.14 bits per heavy atom. The van der Waals surface area contributed by atoms with Crippen LogP contribution in [0.5, 0.6) is 5.88 Å². The van der Waals surface area contributed by atoms with Crippen molar-refractivity contribution in [3.8, 4) is 35.2 Å². The van der Waals surface area contributed by atoms with Crippen molar-refractivity contribution in [2.24, 2.45) is 0 Å². The van der Waals surface area contributed by atoms with E-state index in [1.807, 2.05) is 68.7 Å². The summed E-state index contributed by atoms with van der Waals surface area (Å²) in [6.07, 6.45) is 5.60. The number of nitriles is 1. The number of halogens is 6. The van der Waals surface area contributed by atoms with Crippen LogP contribution in [0.25, 0.3) is 23.0 Å². The molecule has 0 bridgehead atoms. The standard InChI is InChI=1S/C21H22FN7O2.C11H11BrFNO.C11H11FNO.C10H10N6O.C3H7.2CH4.2ClH.2Mg/c1-4-28-9-8-13-10-16(22)15(11-14(13)21(28)31)20(30)24-18-7-5-6-17(23-18)19-25-26-27-29(19)12(2)3;1-2-14-4-3-7-5-10(13)9(12)6-8(7)11(14)15;1-2-13-6-5-8-7-9(12)3-4-10(8)11(13)14;1-7(2)16-10(13-14-15-16)8-4-3-5-9(12-8)17-6-11;1-3-2;;;;;;/h5-7,10-12H,4,8-9H2,1-3H3,(H,23,24,30);5-6H,2-4H2,1H3;4,7H,2,5-6H2,1H3;3-5,7H,1-2H3;3H,1-2H3;2*1H4;2*1H;;/q;;-1;;-1;;;;;2*+2/p-2. The molecule has 0 fully saturated rings. The van der Waals surface area contributed by atoms with Gasteiger partial charge in [-0.15, -0.1) is 33.2 Å². The number of carbonyl (C=O) groups excluding carboxylic acids is 4. The number of likely N-dealkylation sites (N-methyl/N-ethyl adjacent to an activating group) is 3. The minimum Gasteiger partial charge on any atom is -1.00 e. The van der Waals surface area contributed by atoms with Gasteiger partial charge in [0.15, 0.2) is 5.91 Å². The summed E-state index contributed by atoms with van der Waals surface area (Å²) in [4.78, 5) is 62.7.